The van der Waals surface area contributed by atoms with Gasteiger partial charge in [0.1, 0.15) is 5.82 Å². The first-order valence-electron chi connectivity index (χ1n) is 9.15. The van der Waals surface area contributed by atoms with Crippen LogP contribution >= 0.6 is 0 Å². The van der Waals surface area contributed by atoms with Gasteiger partial charge in [0, 0.05) is 43.7 Å². The fourth-order valence-electron chi connectivity index (χ4n) is 4.16. The molecule has 0 bridgehead atoms. The molecular weight excluding hydrogens is 332 g/mol. The van der Waals surface area contributed by atoms with Crippen LogP contribution < -0.4 is 15.8 Å². The van der Waals surface area contributed by atoms with Crippen molar-refractivity contribution in [3.8, 4) is 0 Å². The molecule has 0 aliphatic carbocycles. The number of hydrogen-bond donors (Lipinski definition) is 2. The van der Waals surface area contributed by atoms with Crippen LogP contribution in [-0.4, -0.2) is 38.7 Å². The summed E-state index contributed by atoms with van der Waals surface area (Å²) in [7, 11) is 1.87. The van der Waals surface area contributed by atoms with Gasteiger partial charge in [-0.15, -0.1) is 0 Å². The Balaban J connectivity index is 1.82. The average molecular weight is 356 g/mol. The monoisotopic (exact) mass is 356 g/mol. The zero-order valence-electron chi connectivity index (χ0n) is 15.4. The molecule has 0 saturated carbocycles. The molecule has 0 radical (unpaired) electrons. The third-order valence-corrected chi connectivity index (χ3v) is 5.51. The summed E-state index contributed by atoms with van der Waals surface area (Å²) in [6.07, 6.45) is 3.60. The van der Waals surface area contributed by atoms with Crippen molar-refractivity contribution < 1.29 is 4.79 Å². The molecule has 0 aromatic carbocycles. The van der Waals surface area contributed by atoms with Crippen LogP contribution in [0.2, 0.25) is 0 Å². The van der Waals surface area contributed by atoms with Crippen LogP contribution in [0.3, 0.4) is 0 Å². The van der Waals surface area contributed by atoms with Crippen molar-refractivity contribution in [2.45, 2.75) is 45.4 Å². The summed E-state index contributed by atoms with van der Waals surface area (Å²) in [6, 6.07) is 0. The van der Waals surface area contributed by atoms with Crippen molar-refractivity contribution in [3.63, 3.8) is 0 Å². The highest BCUT2D eigenvalue weighted by molar-refractivity contribution is 5.94. The summed E-state index contributed by atoms with van der Waals surface area (Å²) >= 11 is 0. The Morgan fingerprint density at radius 2 is 1.81 bits per heavy atom. The predicted octanol–water partition coefficient (Wildman–Crippen LogP) is 1.58. The third-order valence-electron chi connectivity index (χ3n) is 5.51. The lowest BCUT2D eigenvalue weighted by Gasteiger charge is -2.29. The van der Waals surface area contributed by atoms with Gasteiger partial charge in [-0.1, -0.05) is 0 Å². The van der Waals surface area contributed by atoms with Crippen molar-refractivity contribution in [3.05, 3.63) is 32.9 Å². The van der Waals surface area contributed by atoms with Gasteiger partial charge in [0.05, 0.1) is 11.3 Å². The molecule has 8 heteroatoms. The second kappa shape index (κ2) is 6.26. The van der Waals surface area contributed by atoms with Gasteiger partial charge in [0.15, 0.2) is 0 Å². The smallest absolute Gasteiger partial charge is 0.258 e. The molecule has 4 heterocycles. The van der Waals surface area contributed by atoms with E-state index in [9.17, 15) is 9.59 Å². The summed E-state index contributed by atoms with van der Waals surface area (Å²) in [5, 5.41) is 7.25. The first-order chi connectivity index (χ1) is 12.5. The fourth-order valence-corrected chi connectivity index (χ4v) is 4.16. The largest absolute Gasteiger partial charge is 0.342 e. The van der Waals surface area contributed by atoms with E-state index in [1.807, 2.05) is 20.9 Å². The summed E-state index contributed by atoms with van der Waals surface area (Å²) in [4.78, 5) is 34.9. The Hall–Kier alpha value is -2.64. The number of amides is 1. The normalized spacial score (nSPS) is 20.0. The lowest BCUT2D eigenvalue weighted by atomic mass is 9.85. The fraction of sp³-hybridized carbons (Fsp3) is 0.556. The van der Waals surface area contributed by atoms with Gasteiger partial charge < -0.3 is 10.2 Å². The molecular formula is C18H24N6O2. The number of anilines is 2. The number of carbonyl (C=O) groups excluding carboxylic acids is 1. The zero-order chi connectivity index (χ0) is 18.4. The Morgan fingerprint density at radius 1 is 1.08 bits per heavy atom. The number of aryl methyl sites for hydroxylation is 2. The van der Waals surface area contributed by atoms with Crippen molar-refractivity contribution in [2.75, 3.05) is 23.3 Å². The maximum atomic E-state index is 12.9. The highest BCUT2D eigenvalue weighted by atomic mass is 16.2. The van der Waals surface area contributed by atoms with Crippen LogP contribution in [0.15, 0.2) is 4.79 Å². The second-order valence-electron chi connectivity index (χ2n) is 7.21. The summed E-state index contributed by atoms with van der Waals surface area (Å²) < 4.78 is 1.79. The number of aromatic amines is 1. The number of fused-ring (bicyclic) bond motifs is 1. The first kappa shape index (κ1) is 16.8. The summed E-state index contributed by atoms with van der Waals surface area (Å²) in [5.41, 5.74) is 3.11. The number of H-pyrrole nitrogens is 1. The van der Waals surface area contributed by atoms with E-state index in [-0.39, 0.29) is 23.8 Å². The highest BCUT2D eigenvalue weighted by Gasteiger charge is 2.34. The zero-order valence-corrected chi connectivity index (χ0v) is 15.4. The maximum Gasteiger partial charge on any atom is 0.258 e. The van der Waals surface area contributed by atoms with Gasteiger partial charge in [0.2, 0.25) is 11.9 Å². The Morgan fingerprint density at radius 3 is 2.46 bits per heavy atom. The quantitative estimate of drug-likeness (QED) is 0.852. The van der Waals surface area contributed by atoms with Gasteiger partial charge >= 0.3 is 0 Å². The Bertz CT molecular complexity index is 922. The van der Waals surface area contributed by atoms with Crippen LogP contribution in [-0.2, 0) is 11.8 Å². The molecule has 2 aliphatic heterocycles. The third kappa shape index (κ3) is 2.69. The van der Waals surface area contributed by atoms with E-state index in [4.69, 9.17) is 0 Å². The number of hydrogen-bond acceptors (Lipinski definition) is 5. The van der Waals surface area contributed by atoms with E-state index in [1.54, 1.807) is 4.68 Å². The topological polar surface area (TPSA) is 95.9 Å². The minimum absolute atomic E-state index is 0.118. The van der Waals surface area contributed by atoms with Crippen LogP contribution in [0, 0.1) is 13.8 Å². The lowest BCUT2D eigenvalue weighted by molar-refractivity contribution is -0.116. The summed E-state index contributed by atoms with van der Waals surface area (Å²) in [5.74, 6) is 0.499. The lowest BCUT2D eigenvalue weighted by Crippen LogP contribution is -2.36. The van der Waals surface area contributed by atoms with Crippen molar-refractivity contribution in [1.82, 2.24) is 19.7 Å². The van der Waals surface area contributed by atoms with E-state index in [0.717, 1.165) is 42.9 Å². The van der Waals surface area contributed by atoms with E-state index in [1.165, 1.54) is 6.42 Å². The van der Waals surface area contributed by atoms with E-state index in [0.29, 0.717) is 17.3 Å². The maximum absolute atomic E-state index is 12.9. The average Bonchev–Trinajstić information content (AvgIpc) is 2.86. The van der Waals surface area contributed by atoms with Crippen LogP contribution in [0.4, 0.5) is 11.8 Å². The van der Waals surface area contributed by atoms with Gasteiger partial charge in [-0.2, -0.15) is 10.1 Å². The number of nitrogens with one attached hydrogen (secondary N) is 2. The Labute approximate surface area is 151 Å². The van der Waals surface area contributed by atoms with Gasteiger partial charge in [-0.25, -0.2) is 0 Å². The molecule has 0 spiro atoms. The number of piperidine rings is 1. The molecule has 138 valence electrons. The molecule has 1 unspecified atom stereocenters. The SMILES string of the molecule is Cc1nn(C)c(C)c1C1CC(=O)Nc2nc(N3CCCCC3)[nH]c(=O)c21. The van der Waals surface area contributed by atoms with Crippen LogP contribution in [0.5, 0.6) is 0 Å². The highest BCUT2D eigenvalue weighted by Crippen LogP contribution is 2.37. The number of rotatable bonds is 2. The molecule has 8 nitrogen and oxygen atoms in total. The second-order valence-corrected chi connectivity index (χ2v) is 7.21. The molecule has 1 saturated heterocycles. The van der Waals surface area contributed by atoms with E-state index in [2.05, 4.69) is 25.3 Å². The van der Waals surface area contributed by atoms with Gasteiger partial charge in [0.25, 0.3) is 5.56 Å². The number of nitrogens with zero attached hydrogens (tertiary/aromatic N) is 4. The first-order valence-corrected chi connectivity index (χ1v) is 9.15. The minimum Gasteiger partial charge on any atom is -0.342 e. The van der Waals surface area contributed by atoms with Gasteiger partial charge in [-0.05, 0) is 33.1 Å². The standard InChI is InChI=1S/C18H24N6O2/c1-10-14(11(2)23(3)22-10)12-9-13(25)19-16-15(12)17(26)21-18(20-16)24-7-5-4-6-8-24/h12H,4-9H2,1-3H3,(H2,19,20,21,25,26). The molecule has 1 atom stereocenters. The molecule has 1 amide bonds. The molecule has 26 heavy (non-hydrogen) atoms. The molecule has 2 aromatic rings. The van der Waals surface area contributed by atoms with Crippen molar-refractivity contribution >= 4 is 17.7 Å². The summed E-state index contributed by atoms with van der Waals surface area (Å²) in [6.45, 7) is 5.63. The minimum atomic E-state index is -0.320. The number of aromatic nitrogens is 4. The van der Waals surface area contributed by atoms with Crippen molar-refractivity contribution in [1.29, 1.82) is 0 Å². The molecule has 2 aromatic heterocycles. The number of carbonyl (C=O) groups is 1. The van der Waals surface area contributed by atoms with Crippen molar-refractivity contribution in [2.24, 2.45) is 7.05 Å². The van der Waals surface area contributed by atoms with Crippen LogP contribution in [0.25, 0.3) is 0 Å². The van der Waals surface area contributed by atoms with Crippen LogP contribution in [0.1, 0.15) is 54.1 Å². The van der Waals surface area contributed by atoms with E-state index < -0.39 is 0 Å². The van der Waals surface area contributed by atoms with Gasteiger partial charge in [-0.3, -0.25) is 19.3 Å². The predicted molar refractivity (Wildman–Crippen MR) is 98.7 cm³/mol. The molecule has 2 aliphatic rings. The Kier molecular flexibility index (Phi) is 4.05. The van der Waals surface area contributed by atoms with E-state index >= 15 is 0 Å². The molecule has 4 rings (SSSR count). The molecule has 1 fully saturated rings. The molecule has 2 N–H and O–H groups in total.